The van der Waals surface area contributed by atoms with Gasteiger partial charge in [0.2, 0.25) is 15.9 Å². The van der Waals surface area contributed by atoms with Gasteiger partial charge in [-0.3, -0.25) is 9.10 Å². The summed E-state index contributed by atoms with van der Waals surface area (Å²) >= 11 is 0. The Kier molecular flexibility index (Phi) is 6.42. The number of anilines is 2. The molecule has 26 heavy (non-hydrogen) atoms. The van der Waals surface area contributed by atoms with Crippen LogP contribution in [0.4, 0.5) is 11.4 Å². The molecule has 0 aliphatic heterocycles. The van der Waals surface area contributed by atoms with Crippen molar-refractivity contribution in [2.75, 3.05) is 22.4 Å². The van der Waals surface area contributed by atoms with E-state index in [-0.39, 0.29) is 18.9 Å². The Bertz CT molecular complexity index is 874. The monoisotopic (exact) mass is 374 g/mol. The lowest BCUT2D eigenvalue weighted by molar-refractivity contribution is -0.116. The van der Waals surface area contributed by atoms with E-state index in [1.165, 1.54) is 10.6 Å². The van der Waals surface area contributed by atoms with Gasteiger partial charge in [0.15, 0.2) is 0 Å². The summed E-state index contributed by atoms with van der Waals surface area (Å²) < 4.78 is 25.7. The molecule has 1 amide bonds. The first-order valence-electron chi connectivity index (χ1n) is 8.58. The molecule has 0 aromatic heterocycles. The van der Waals surface area contributed by atoms with Gasteiger partial charge in [-0.25, -0.2) is 8.42 Å². The molecule has 1 N–H and O–H groups in total. The molecule has 0 saturated heterocycles. The molecule has 2 aromatic carbocycles. The predicted molar refractivity (Wildman–Crippen MR) is 107 cm³/mol. The van der Waals surface area contributed by atoms with Gasteiger partial charge < -0.3 is 5.32 Å². The Labute approximate surface area is 156 Å². The summed E-state index contributed by atoms with van der Waals surface area (Å²) in [5.74, 6) is -0.123. The average Bonchev–Trinajstić information content (AvgIpc) is 2.55. The van der Waals surface area contributed by atoms with E-state index in [2.05, 4.69) is 5.32 Å². The number of carbonyl (C=O) groups is 1. The van der Waals surface area contributed by atoms with Crippen LogP contribution in [0.5, 0.6) is 0 Å². The molecule has 0 spiro atoms. The third-order valence-electron chi connectivity index (χ3n) is 4.28. The van der Waals surface area contributed by atoms with Crippen LogP contribution in [0.15, 0.2) is 42.5 Å². The van der Waals surface area contributed by atoms with Gasteiger partial charge >= 0.3 is 0 Å². The van der Waals surface area contributed by atoms with Gasteiger partial charge in [0, 0.05) is 18.7 Å². The Hall–Kier alpha value is -2.34. The van der Waals surface area contributed by atoms with Crippen molar-refractivity contribution in [3.8, 4) is 0 Å². The summed E-state index contributed by atoms with van der Waals surface area (Å²) in [7, 11) is -3.41. The zero-order chi connectivity index (χ0) is 19.3. The van der Waals surface area contributed by atoms with E-state index in [4.69, 9.17) is 0 Å². The Morgan fingerprint density at radius 2 is 1.65 bits per heavy atom. The van der Waals surface area contributed by atoms with Crippen LogP contribution < -0.4 is 9.62 Å². The standard InChI is InChI=1S/C20H26N2O3S/c1-15-7-10-18(11-8-15)21-20(23)6-5-13-22(26(4,24)25)19-12-9-16(2)17(3)14-19/h7-12,14H,5-6,13H2,1-4H3,(H,21,23). The molecule has 2 aromatic rings. The summed E-state index contributed by atoms with van der Waals surface area (Å²) in [6.45, 7) is 6.19. The second kappa shape index (κ2) is 8.36. The van der Waals surface area contributed by atoms with E-state index in [0.29, 0.717) is 12.1 Å². The van der Waals surface area contributed by atoms with Gasteiger partial charge in [-0.15, -0.1) is 0 Å². The number of nitrogens with one attached hydrogen (secondary N) is 1. The molecule has 0 aliphatic carbocycles. The van der Waals surface area contributed by atoms with Crippen LogP contribution in [0.1, 0.15) is 29.5 Å². The number of aryl methyl sites for hydroxylation is 3. The van der Waals surface area contributed by atoms with E-state index in [9.17, 15) is 13.2 Å². The van der Waals surface area contributed by atoms with Crippen molar-refractivity contribution in [2.24, 2.45) is 0 Å². The quantitative estimate of drug-likeness (QED) is 0.802. The predicted octanol–water partition coefficient (Wildman–Crippen LogP) is 3.80. The summed E-state index contributed by atoms with van der Waals surface area (Å²) in [6, 6.07) is 13.1. The van der Waals surface area contributed by atoms with Crippen LogP contribution >= 0.6 is 0 Å². The molecule has 0 unspecified atom stereocenters. The Morgan fingerprint density at radius 1 is 1.00 bits per heavy atom. The molecule has 0 radical (unpaired) electrons. The number of carbonyl (C=O) groups excluding carboxylic acids is 1. The highest BCUT2D eigenvalue weighted by atomic mass is 32.2. The Morgan fingerprint density at radius 3 is 2.23 bits per heavy atom. The fourth-order valence-electron chi connectivity index (χ4n) is 2.61. The van der Waals surface area contributed by atoms with Gasteiger partial charge in [-0.05, 0) is 62.6 Å². The van der Waals surface area contributed by atoms with Crippen molar-refractivity contribution < 1.29 is 13.2 Å². The smallest absolute Gasteiger partial charge is 0.232 e. The fourth-order valence-corrected chi connectivity index (χ4v) is 3.57. The van der Waals surface area contributed by atoms with Crippen LogP contribution in [-0.4, -0.2) is 27.1 Å². The first-order valence-corrected chi connectivity index (χ1v) is 10.4. The highest BCUT2D eigenvalue weighted by Gasteiger charge is 2.18. The second-order valence-electron chi connectivity index (χ2n) is 6.62. The molecular formula is C20H26N2O3S. The summed E-state index contributed by atoms with van der Waals surface area (Å²) in [5.41, 5.74) is 4.65. The van der Waals surface area contributed by atoms with Crippen molar-refractivity contribution in [1.82, 2.24) is 0 Å². The molecule has 6 heteroatoms. The van der Waals surface area contributed by atoms with E-state index < -0.39 is 10.0 Å². The Balaban J connectivity index is 1.98. The van der Waals surface area contributed by atoms with E-state index in [1.807, 2.05) is 57.2 Å². The molecule has 140 valence electrons. The van der Waals surface area contributed by atoms with E-state index in [1.54, 1.807) is 6.07 Å². The van der Waals surface area contributed by atoms with Crippen LogP contribution in [0.3, 0.4) is 0 Å². The van der Waals surface area contributed by atoms with Crippen molar-refractivity contribution in [3.63, 3.8) is 0 Å². The van der Waals surface area contributed by atoms with Gasteiger partial charge in [-0.1, -0.05) is 23.8 Å². The number of amides is 1. The average molecular weight is 375 g/mol. The van der Waals surface area contributed by atoms with Gasteiger partial charge in [0.05, 0.1) is 11.9 Å². The minimum absolute atomic E-state index is 0.123. The zero-order valence-corrected chi connectivity index (χ0v) is 16.6. The summed E-state index contributed by atoms with van der Waals surface area (Å²) in [6.07, 6.45) is 1.89. The SMILES string of the molecule is Cc1ccc(NC(=O)CCCN(c2ccc(C)c(C)c2)S(C)(=O)=O)cc1. The molecule has 0 saturated carbocycles. The van der Waals surface area contributed by atoms with Crippen molar-refractivity contribution in [3.05, 3.63) is 59.2 Å². The summed E-state index contributed by atoms with van der Waals surface area (Å²) in [5, 5.41) is 2.83. The first kappa shape index (κ1) is 20.0. The maximum atomic E-state index is 12.2. The third-order valence-corrected chi connectivity index (χ3v) is 5.47. The van der Waals surface area contributed by atoms with Crippen molar-refractivity contribution in [2.45, 2.75) is 33.6 Å². The number of hydrogen-bond acceptors (Lipinski definition) is 3. The molecule has 0 atom stereocenters. The van der Waals surface area contributed by atoms with E-state index >= 15 is 0 Å². The number of sulfonamides is 1. The lowest BCUT2D eigenvalue weighted by atomic mass is 10.1. The maximum Gasteiger partial charge on any atom is 0.232 e. The zero-order valence-electron chi connectivity index (χ0n) is 15.7. The van der Waals surface area contributed by atoms with Crippen LogP contribution in [0.2, 0.25) is 0 Å². The number of hydrogen-bond donors (Lipinski definition) is 1. The molecular weight excluding hydrogens is 348 g/mol. The van der Waals surface area contributed by atoms with Crippen LogP contribution in [-0.2, 0) is 14.8 Å². The molecule has 0 bridgehead atoms. The second-order valence-corrected chi connectivity index (χ2v) is 8.53. The molecule has 2 rings (SSSR count). The highest BCUT2D eigenvalue weighted by Crippen LogP contribution is 2.22. The minimum atomic E-state index is -3.41. The summed E-state index contributed by atoms with van der Waals surface area (Å²) in [4.78, 5) is 12.1. The lowest BCUT2D eigenvalue weighted by Crippen LogP contribution is -2.31. The molecule has 5 nitrogen and oxygen atoms in total. The maximum absolute atomic E-state index is 12.2. The van der Waals surface area contributed by atoms with Crippen molar-refractivity contribution in [1.29, 1.82) is 0 Å². The number of benzene rings is 2. The fraction of sp³-hybridized carbons (Fsp3) is 0.350. The molecule has 0 aliphatic rings. The molecule has 0 fully saturated rings. The first-order chi connectivity index (χ1) is 12.2. The normalized spacial score (nSPS) is 11.2. The number of rotatable bonds is 7. The van der Waals surface area contributed by atoms with Gasteiger partial charge in [0.1, 0.15) is 0 Å². The van der Waals surface area contributed by atoms with Gasteiger partial charge in [0.25, 0.3) is 0 Å². The van der Waals surface area contributed by atoms with Crippen LogP contribution in [0, 0.1) is 20.8 Å². The highest BCUT2D eigenvalue weighted by molar-refractivity contribution is 7.92. The largest absolute Gasteiger partial charge is 0.326 e. The van der Waals surface area contributed by atoms with E-state index in [0.717, 1.165) is 22.4 Å². The van der Waals surface area contributed by atoms with Gasteiger partial charge in [-0.2, -0.15) is 0 Å². The third kappa shape index (κ3) is 5.59. The topological polar surface area (TPSA) is 66.5 Å². The molecule has 0 heterocycles. The van der Waals surface area contributed by atoms with Crippen LogP contribution in [0.25, 0.3) is 0 Å². The minimum Gasteiger partial charge on any atom is -0.326 e. The van der Waals surface area contributed by atoms with Crippen molar-refractivity contribution >= 4 is 27.3 Å². The lowest BCUT2D eigenvalue weighted by Gasteiger charge is -2.23. The number of nitrogens with zero attached hydrogens (tertiary/aromatic N) is 1.